The van der Waals surface area contributed by atoms with Gasteiger partial charge in [0.05, 0.1) is 10.0 Å². The van der Waals surface area contributed by atoms with E-state index in [2.05, 4.69) is 12.1 Å². The molecule has 8 bridgehead atoms. The Labute approximate surface area is 270 Å². The third-order valence-electron chi connectivity index (χ3n) is 12.7. The molecule has 0 saturated heterocycles. The predicted molar refractivity (Wildman–Crippen MR) is 178 cm³/mol. The normalized spacial score (nSPS) is 36.1. The van der Waals surface area contributed by atoms with Crippen molar-refractivity contribution in [2.24, 2.45) is 35.5 Å². The van der Waals surface area contributed by atoms with Crippen LogP contribution in [0.3, 0.4) is 0 Å². The van der Waals surface area contributed by atoms with E-state index in [9.17, 15) is 0 Å². The van der Waals surface area contributed by atoms with Gasteiger partial charge in [0.25, 0.3) is 0 Å². The highest BCUT2D eigenvalue weighted by Gasteiger charge is 2.55. The van der Waals surface area contributed by atoms with Gasteiger partial charge in [-0.25, -0.2) is 0 Å². The minimum absolute atomic E-state index is 0.0907. The van der Waals surface area contributed by atoms with Crippen LogP contribution in [0.4, 0.5) is 11.4 Å². The van der Waals surface area contributed by atoms with E-state index in [1.807, 2.05) is 24.3 Å². The standard InChI is InChI=1S/C38H42Cl2N2O2/c39-31-13-27(41)1-5-33(31)43-35-29(37-15-21-7-22(16-37)9-23(8-21)17-37)3-4-30(36(35)44-34-6-2-28(42)14-32(34)40)38-18-24-10-25(19-38)12-26(11-24)20-38/h1-6,13-14,21-26H,7-12,15-20,41-42H2. The number of hydrogen-bond donors (Lipinski definition) is 2. The first kappa shape index (κ1) is 27.7. The fourth-order valence-electron chi connectivity index (χ4n) is 11.9. The van der Waals surface area contributed by atoms with Crippen LogP contribution in [0.1, 0.15) is 88.2 Å². The maximum atomic E-state index is 7.08. The Morgan fingerprint density at radius 1 is 0.500 bits per heavy atom. The maximum Gasteiger partial charge on any atom is 0.174 e. The minimum Gasteiger partial charge on any atom is -0.452 e. The number of anilines is 2. The Morgan fingerprint density at radius 3 is 1.11 bits per heavy atom. The third kappa shape index (κ3) is 4.45. The second kappa shape index (κ2) is 9.97. The lowest BCUT2D eigenvalue weighted by molar-refractivity contribution is -0.00832. The molecule has 3 aromatic carbocycles. The van der Waals surface area contributed by atoms with Crippen molar-refractivity contribution in [2.75, 3.05) is 11.5 Å². The second-order valence-corrected chi connectivity index (χ2v) is 16.6. The Kier molecular flexibility index (Phi) is 6.28. The van der Waals surface area contributed by atoms with Gasteiger partial charge in [-0.3, -0.25) is 0 Å². The minimum atomic E-state index is 0.0907. The molecule has 0 atom stereocenters. The van der Waals surface area contributed by atoms with E-state index in [4.69, 9.17) is 44.1 Å². The van der Waals surface area contributed by atoms with Crippen molar-refractivity contribution in [1.82, 2.24) is 0 Å². The van der Waals surface area contributed by atoms with E-state index < -0.39 is 0 Å². The number of halogens is 2. The van der Waals surface area contributed by atoms with Crippen molar-refractivity contribution >= 4 is 34.6 Å². The molecule has 44 heavy (non-hydrogen) atoms. The molecule has 0 radical (unpaired) electrons. The molecule has 230 valence electrons. The van der Waals surface area contributed by atoms with Crippen molar-refractivity contribution < 1.29 is 9.47 Å². The zero-order chi connectivity index (χ0) is 29.8. The fourth-order valence-corrected chi connectivity index (χ4v) is 12.4. The van der Waals surface area contributed by atoms with E-state index in [1.165, 1.54) is 88.2 Å². The van der Waals surface area contributed by atoms with Crippen molar-refractivity contribution in [3.05, 3.63) is 69.7 Å². The molecule has 4 N–H and O–H groups in total. The van der Waals surface area contributed by atoms with Crippen LogP contribution in [0.25, 0.3) is 0 Å². The Balaban J connectivity index is 1.27. The molecule has 0 spiro atoms. The zero-order valence-corrected chi connectivity index (χ0v) is 26.8. The highest BCUT2D eigenvalue weighted by atomic mass is 35.5. The van der Waals surface area contributed by atoms with E-state index in [0.717, 1.165) is 47.0 Å². The SMILES string of the molecule is Nc1ccc(Oc2c(C34CC5CC(CC(C5)C3)C4)ccc(C34CC5CC(CC(C5)C3)C4)c2Oc2ccc(N)cc2Cl)c(Cl)c1. The van der Waals surface area contributed by atoms with Gasteiger partial charge in [0.15, 0.2) is 11.5 Å². The summed E-state index contributed by atoms with van der Waals surface area (Å²) in [6.45, 7) is 0. The number of nitrogen functional groups attached to an aromatic ring is 2. The summed E-state index contributed by atoms with van der Waals surface area (Å²) in [7, 11) is 0. The maximum absolute atomic E-state index is 7.08. The molecule has 3 aromatic rings. The van der Waals surface area contributed by atoms with Gasteiger partial charge in [-0.2, -0.15) is 0 Å². The average molecular weight is 630 g/mol. The van der Waals surface area contributed by atoms with E-state index in [1.54, 1.807) is 12.1 Å². The van der Waals surface area contributed by atoms with Crippen LogP contribution in [0, 0.1) is 35.5 Å². The highest BCUT2D eigenvalue weighted by molar-refractivity contribution is 6.32. The summed E-state index contributed by atoms with van der Waals surface area (Å²) in [5.74, 6) is 7.69. The van der Waals surface area contributed by atoms with Gasteiger partial charge in [0.2, 0.25) is 0 Å². The van der Waals surface area contributed by atoms with Gasteiger partial charge in [-0.1, -0.05) is 35.3 Å². The smallest absolute Gasteiger partial charge is 0.174 e. The third-order valence-corrected chi connectivity index (χ3v) is 13.3. The molecule has 4 nitrogen and oxygen atoms in total. The van der Waals surface area contributed by atoms with Crippen LogP contribution < -0.4 is 20.9 Å². The molecule has 11 rings (SSSR count). The number of rotatable bonds is 6. The fraction of sp³-hybridized carbons (Fsp3) is 0.526. The van der Waals surface area contributed by atoms with Crippen molar-refractivity contribution in [1.29, 1.82) is 0 Å². The monoisotopic (exact) mass is 628 g/mol. The molecule has 8 aliphatic rings. The summed E-state index contributed by atoms with van der Waals surface area (Å²) in [6, 6.07) is 16.0. The molecule has 0 heterocycles. The van der Waals surface area contributed by atoms with Crippen molar-refractivity contribution in [2.45, 2.75) is 87.9 Å². The van der Waals surface area contributed by atoms with Gasteiger partial charge < -0.3 is 20.9 Å². The van der Waals surface area contributed by atoms with E-state index >= 15 is 0 Å². The second-order valence-electron chi connectivity index (χ2n) is 15.8. The van der Waals surface area contributed by atoms with Crippen LogP contribution >= 0.6 is 23.2 Å². The number of nitrogens with two attached hydrogens (primary N) is 2. The lowest BCUT2D eigenvalue weighted by atomic mass is 9.47. The highest BCUT2D eigenvalue weighted by Crippen LogP contribution is 2.66. The van der Waals surface area contributed by atoms with Crippen LogP contribution in [0.15, 0.2) is 48.5 Å². The summed E-state index contributed by atoms with van der Waals surface area (Å²) in [4.78, 5) is 0. The molecule has 0 unspecified atom stereocenters. The first-order valence-electron chi connectivity index (χ1n) is 16.9. The molecule has 8 fully saturated rings. The predicted octanol–water partition coefficient (Wildman–Crippen LogP) is 10.7. The average Bonchev–Trinajstić information content (AvgIpc) is 2.95. The summed E-state index contributed by atoms with van der Waals surface area (Å²) < 4.78 is 14.2. The van der Waals surface area contributed by atoms with Crippen molar-refractivity contribution in [3.63, 3.8) is 0 Å². The Hall–Kier alpha value is -2.56. The van der Waals surface area contributed by atoms with Gasteiger partial charge in [0.1, 0.15) is 11.5 Å². The number of benzene rings is 3. The summed E-state index contributed by atoms with van der Waals surface area (Å²) in [6.07, 6.45) is 15.7. The summed E-state index contributed by atoms with van der Waals surface area (Å²) in [5, 5.41) is 1.02. The van der Waals surface area contributed by atoms with E-state index in [-0.39, 0.29) is 10.8 Å². The summed E-state index contributed by atoms with van der Waals surface area (Å²) >= 11 is 13.6. The molecule has 0 aromatic heterocycles. The lowest BCUT2D eigenvalue weighted by Crippen LogP contribution is -2.49. The Bertz CT molecular complexity index is 1460. The van der Waals surface area contributed by atoms with Crippen LogP contribution in [0.2, 0.25) is 10.0 Å². The number of hydrogen-bond acceptors (Lipinski definition) is 4. The van der Waals surface area contributed by atoms with Crippen LogP contribution in [-0.4, -0.2) is 0 Å². The van der Waals surface area contributed by atoms with E-state index in [0.29, 0.717) is 32.9 Å². The van der Waals surface area contributed by atoms with Gasteiger partial charge >= 0.3 is 0 Å². The van der Waals surface area contributed by atoms with Crippen LogP contribution in [0.5, 0.6) is 23.0 Å². The first-order valence-corrected chi connectivity index (χ1v) is 17.6. The first-order chi connectivity index (χ1) is 21.2. The quantitative estimate of drug-likeness (QED) is 0.266. The van der Waals surface area contributed by atoms with Crippen molar-refractivity contribution in [3.8, 4) is 23.0 Å². The lowest BCUT2D eigenvalue weighted by Gasteiger charge is -2.58. The molecule has 6 heteroatoms. The van der Waals surface area contributed by atoms with Gasteiger partial charge in [0, 0.05) is 22.5 Å². The molecule has 0 amide bonds. The van der Waals surface area contributed by atoms with Gasteiger partial charge in [-0.05, 0) is 160 Å². The summed E-state index contributed by atoms with van der Waals surface area (Å²) in [5.41, 5.74) is 16.2. The topological polar surface area (TPSA) is 70.5 Å². The Morgan fingerprint density at radius 2 is 0.818 bits per heavy atom. The molecule has 8 aliphatic carbocycles. The molecular weight excluding hydrogens is 587 g/mol. The largest absolute Gasteiger partial charge is 0.452 e. The van der Waals surface area contributed by atoms with Crippen LogP contribution in [-0.2, 0) is 10.8 Å². The molecule has 8 saturated carbocycles. The molecule has 0 aliphatic heterocycles. The number of ether oxygens (including phenoxy) is 2. The molecular formula is C38H42Cl2N2O2. The van der Waals surface area contributed by atoms with Gasteiger partial charge in [-0.15, -0.1) is 0 Å². The zero-order valence-electron chi connectivity index (χ0n) is 25.3.